The highest BCUT2D eigenvalue weighted by Crippen LogP contribution is 2.48. The zero-order valence-electron chi connectivity index (χ0n) is 33.2. The molecule has 284 valence electrons. The van der Waals surface area contributed by atoms with Crippen LogP contribution < -0.4 is 0 Å². The molecule has 0 saturated heterocycles. The number of aryl methyl sites for hydroxylation is 2. The molecular weight excluding hydrogens is 785 g/mol. The van der Waals surface area contributed by atoms with E-state index in [2.05, 4.69) is 104 Å². The van der Waals surface area contributed by atoms with Gasteiger partial charge in [-0.05, 0) is 111 Å². The number of unbranched alkanes of at least 4 members (excludes halogenated alkanes) is 6. The second kappa shape index (κ2) is 16.8. The molecule has 52 heavy (non-hydrogen) atoms. The van der Waals surface area contributed by atoms with Crippen LogP contribution in [-0.4, -0.2) is 29.8 Å². The first-order valence-corrected chi connectivity index (χ1v) is 30.1. The van der Waals surface area contributed by atoms with E-state index in [0.29, 0.717) is 10.1 Å². The van der Waals surface area contributed by atoms with Crippen molar-refractivity contribution in [2.24, 2.45) is 0 Å². The van der Waals surface area contributed by atoms with E-state index >= 15 is 0 Å². The van der Waals surface area contributed by atoms with Crippen LogP contribution in [0.25, 0.3) is 47.7 Å². The van der Waals surface area contributed by atoms with Crippen molar-refractivity contribution >= 4 is 113 Å². The molecule has 0 aliphatic carbocycles. The van der Waals surface area contributed by atoms with Crippen LogP contribution in [-0.2, 0) is 21.7 Å². The fourth-order valence-corrected chi connectivity index (χ4v) is 15.6. The Kier molecular flexibility index (Phi) is 13.3. The molecule has 0 amide bonds. The van der Waals surface area contributed by atoms with Crippen LogP contribution in [0.2, 0.25) is 36.3 Å². The van der Waals surface area contributed by atoms with Crippen molar-refractivity contribution in [1.29, 1.82) is 0 Å². The van der Waals surface area contributed by atoms with Crippen LogP contribution in [0.15, 0.2) is 36.4 Å². The van der Waals surface area contributed by atoms with E-state index in [1.165, 1.54) is 112 Å². The lowest BCUT2D eigenvalue weighted by atomic mass is 10.1. The van der Waals surface area contributed by atoms with Crippen molar-refractivity contribution in [3.63, 3.8) is 0 Å². The van der Waals surface area contributed by atoms with Crippen LogP contribution >= 0.6 is 68.0 Å². The Bertz CT molecular complexity index is 1810. The van der Waals surface area contributed by atoms with Gasteiger partial charge in [-0.3, -0.25) is 0 Å². The summed E-state index contributed by atoms with van der Waals surface area (Å²) in [5.41, 5.74) is 0. The largest absolute Gasteiger partial charge is 0.417 e. The van der Waals surface area contributed by atoms with Gasteiger partial charge in [0.1, 0.15) is 0 Å². The van der Waals surface area contributed by atoms with Gasteiger partial charge >= 0.3 is 0 Å². The standard InChI is InChI=1S/C42H60O2S6Si2/c1-41(2,3)51(7,8)43-21-17-13-11-15-19-29-23-31-33(45-29)25-35(47-31)37-27-39-40(49-37)28-38(50-39)36-26-34-32(48-36)24-30(46-34)20-16-12-14-18-22-44-52(9,10)42(4,5)6/h23-28H,11-22H2,1-10H3. The Labute approximate surface area is 339 Å². The molecule has 0 aliphatic rings. The van der Waals surface area contributed by atoms with E-state index in [1.807, 2.05) is 68.0 Å². The number of fused-ring (bicyclic) bond motifs is 3. The molecule has 0 atom stereocenters. The third kappa shape index (κ3) is 10.0. The summed E-state index contributed by atoms with van der Waals surface area (Å²) in [5, 5.41) is 0.605. The highest BCUT2D eigenvalue weighted by molar-refractivity contribution is 7.36. The molecule has 0 fully saturated rings. The van der Waals surface area contributed by atoms with Gasteiger partial charge in [-0.25, -0.2) is 0 Å². The van der Waals surface area contributed by atoms with Gasteiger partial charge in [-0.15, -0.1) is 68.0 Å². The van der Waals surface area contributed by atoms with Gasteiger partial charge < -0.3 is 8.85 Å². The third-order valence-electron chi connectivity index (χ3n) is 11.4. The van der Waals surface area contributed by atoms with E-state index in [1.54, 1.807) is 9.75 Å². The van der Waals surface area contributed by atoms with Gasteiger partial charge in [0.25, 0.3) is 0 Å². The molecule has 0 spiro atoms. The fraction of sp³-hybridized carbons (Fsp3) is 0.571. The molecule has 6 rings (SSSR count). The molecule has 2 nitrogen and oxygen atoms in total. The van der Waals surface area contributed by atoms with Crippen molar-refractivity contribution < 1.29 is 8.85 Å². The van der Waals surface area contributed by atoms with E-state index in [4.69, 9.17) is 8.85 Å². The minimum atomic E-state index is -1.60. The quantitative estimate of drug-likeness (QED) is 0.0634. The predicted octanol–water partition coefficient (Wildman–Crippen LogP) is 17.1. The number of hydrogen-bond acceptors (Lipinski definition) is 8. The molecule has 0 bridgehead atoms. The van der Waals surface area contributed by atoms with Gasteiger partial charge in [-0.2, -0.15) is 0 Å². The molecule has 0 aromatic carbocycles. The van der Waals surface area contributed by atoms with Gasteiger partial charge in [-0.1, -0.05) is 67.2 Å². The lowest BCUT2D eigenvalue weighted by molar-refractivity contribution is 0.277. The molecule has 0 saturated carbocycles. The summed E-state index contributed by atoms with van der Waals surface area (Å²) < 4.78 is 21.4. The van der Waals surface area contributed by atoms with Crippen molar-refractivity contribution in [2.75, 3.05) is 13.2 Å². The number of hydrogen-bond donors (Lipinski definition) is 0. The van der Waals surface area contributed by atoms with Crippen molar-refractivity contribution in [2.45, 2.75) is 142 Å². The first-order chi connectivity index (χ1) is 24.5. The molecule has 0 aliphatic heterocycles. The molecule has 6 aromatic heterocycles. The maximum atomic E-state index is 6.36. The Morgan fingerprint density at radius 1 is 0.404 bits per heavy atom. The Hall–Kier alpha value is -0.666. The van der Waals surface area contributed by atoms with Gasteiger partial charge in [0.05, 0.1) is 0 Å². The molecule has 0 radical (unpaired) electrons. The molecule has 0 unspecified atom stereocenters. The molecular formula is C42H60O2S6Si2. The topological polar surface area (TPSA) is 18.5 Å². The average molecular weight is 846 g/mol. The first kappa shape index (κ1) is 41.0. The van der Waals surface area contributed by atoms with E-state index in [-0.39, 0.29) is 0 Å². The smallest absolute Gasteiger partial charge is 0.191 e. The summed E-state index contributed by atoms with van der Waals surface area (Å²) >= 11 is 11.9. The van der Waals surface area contributed by atoms with E-state index < -0.39 is 16.6 Å². The summed E-state index contributed by atoms with van der Waals surface area (Å²) in [4.78, 5) is 8.78. The van der Waals surface area contributed by atoms with Gasteiger partial charge in [0, 0.05) is 70.7 Å². The zero-order valence-corrected chi connectivity index (χ0v) is 40.1. The van der Waals surface area contributed by atoms with Gasteiger partial charge in [0.2, 0.25) is 0 Å². The molecule has 0 N–H and O–H groups in total. The second-order valence-electron chi connectivity index (χ2n) is 17.6. The number of rotatable bonds is 18. The minimum Gasteiger partial charge on any atom is -0.417 e. The monoisotopic (exact) mass is 844 g/mol. The Morgan fingerprint density at radius 2 is 0.692 bits per heavy atom. The Balaban J connectivity index is 0.943. The summed E-state index contributed by atoms with van der Waals surface area (Å²) in [6, 6.07) is 14.7. The average Bonchev–Trinajstić information content (AvgIpc) is 3.86. The summed E-state index contributed by atoms with van der Waals surface area (Å²) in [6.45, 7) is 25.2. The zero-order chi connectivity index (χ0) is 37.3. The maximum Gasteiger partial charge on any atom is 0.191 e. The first-order valence-electron chi connectivity index (χ1n) is 19.4. The summed E-state index contributed by atoms with van der Waals surface area (Å²) in [6.07, 6.45) is 12.5. The van der Waals surface area contributed by atoms with Crippen molar-refractivity contribution in [3.05, 3.63) is 46.2 Å². The summed E-state index contributed by atoms with van der Waals surface area (Å²) in [5.74, 6) is 0. The van der Waals surface area contributed by atoms with Crippen LogP contribution in [0.1, 0.15) is 103 Å². The van der Waals surface area contributed by atoms with Crippen molar-refractivity contribution in [3.8, 4) is 19.5 Å². The minimum absolute atomic E-state index is 0.303. The fourth-order valence-electron chi connectivity index (χ4n) is 5.94. The van der Waals surface area contributed by atoms with Crippen LogP contribution in [0.3, 0.4) is 0 Å². The highest BCUT2D eigenvalue weighted by atomic mass is 32.1. The van der Waals surface area contributed by atoms with Gasteiger partial charge in [0.15, 0.2) is 16.6 Å². The summed E-state index contributed by atoms with van der Waals surface area (Å²) in [7, 11) is -3.21. The van der Waals surface area contributed by atoms with Crippen LogP contribution in [0.5, 0.6) is 0 Å². The van der Waals surface area contributed by atoms with E-state index in [9.17, 15) is 0 Å². The SMILES string of the molecule is CC(C)(C)[Si](C)(C)OCCCCCCc1cc2sc(-c3cc4sc(-c5cc6sc(CCCCCCO[Si](C)(C)C(C)(C)C)cc6s5)cc4s3)cc2s1. The molecule has 6 heterocycles. The Morgan fingerprint density at radius 3 is 1.00 bits per heavy atom. The lowest BCUT2D eigenvalue weighted by Gasteiger charge is -2.36. The highest BCUT2D eigenvalue weighted by Gasteiger charge is 2.37. The molecule has 6 aromatic rings. The number of thiophene rings is 6. The predicted molar refractivity (Wildman–Crippen MR) is 248 cm³/mol. The molecule has 10 heteroatoms. The van der Waals surface area contributed by atoms with E-state index in [0.717, 1.165) is 13.2 Å². The van der Waals surface area contributed by atoms with Crippen molar-refractivity contribution in [1.82, 2.24) is 0 Å². The normalized spacial score (nSPS) is 13.5. The second-order valence-corrected chi connectivity index (χ2v) is 33.9. The van der Waals surface area contributed by atoms with Crippen LogP contribution in [0, 0.1) is 0 Å². The van der Waals surface area contributed by atoms with Crippen LogP contribution in [0.4, 0.5) is 0 Å². The lowest BCUT2D eigenvalue weighted by Crippen LogP contribution is -2.40. The third-order valence-corrected chi connectivity index (χ3v) is 27.8. The maximum absolute atomic E-state index is 6.36.